The molecule has 0 aromatic heterocycles. The molecule has 5 rings (SSSR count). The van der Waals surface area contributed by atoms with Crippen LogP contribution in [0.15, 0.2) is 29.4 Å². The molecule has 2 aliphatic carbocycles. The van der Waals surface area contributed by atoms with E-state index in [4.69, 9.17) is 5.73 Å². The van der Waals surface area contributed by atoms with Gasteiger partial charge in [-0.3, -0.25) is 9.91 Å². The molecule has 0 bridgehead atoms. The van der Waals surface area contributed by atoms with Gasteiger partial charge in [-0.15, -0.1) is 0 Å². The molecule has 35 heavy (non-hydrogen) atoms. The van der Waals surface area contributed by atoms with E-state index in [-0.39, 0.29) is 22.4 Å². The second-order valence-corrected chi connectivity index (χ2v) is 14.3. The molecule has 4 atom stereocenters. The van der Waals surface area contributed by atoms with Gasteiger partial charge in [0.25, 0.3) is 0 Å². The molecule has 2 aliphatic heterocycles. The van der Waals surface area contributed by atoms with Gasteiger partial charge in [-0.25, -0.2) is 8.42 Å². The summed E-state index contributed by atoms with van der Waals surface area (Å²) in [7, 11) is -2.81. The number of alkyl halides is 3. The van der Waals surface area contributed by atoms with Gasteiger partial charge in [-0.05, 0) is 76.5 Å². The largest absolute Gasteiger partial charge is 0.416 e. The number of likely N-dealkylation sites (tertiary alicyclic amines) is 1. The minimum atomic E-state index is -4.43. The van der Waals surface area contributed by atoms with Gasteiger partial charge in [0, 0.05) is 35.6 Å². The fraction of sp³-hybridized carbons (Fsp3) is 0.720. The second kappa shape index (κ2) is 8.10. The van der Waals surface area contributed by atoms with Crippen molar-refractivity contribution in [1.82, 2.24) is 9.91 Å². The maximum absolute atomic E-state index is 13.1. The Labute approximate surface area is 205 Å². The molecule has 4 fully saturated rings. The molecular formula is C25H35F3N4O2S. The van der Waals surface area contributed by atoms with Crippen molar-refractivity contribution in [1.29, 1.82) is 0 Å². The van der Waals surface area contributed by atoms with Crippen LogP contribution in [0.2, 0.25) is 0 Å². The van der Waals surface area contributed by atoms with Gasteiger partial charge in [0.2, 0.25) is 0 Å². The summed E-state index contributed by atoms with van der Waals surface area (Å²) in [4.78, 5) is 2.52. The van der Waals surface area contributed by atoms with Crippen LogP contribution in [-0.2, 0) is 16.0 Å². The first-order valence-electron chi connectivity index (χ1n) is 12.4. The van der Waals surface area contributed by atoms with Gasteiger partial charge in [0.1, 0.15) is 0 Å². The lowest BCUT2D eigenvalue weighted by Gasteiger charge is -2.38. The topological polar surface area (TPSA) is 79.0 Å². The maximum Gasteiger partial charge on any atom is 0.416 e. The highest BCUT2D eigenvalue weighted by atomic mass is 32.2. The normalized spacial score (nSPS) is 31.9. The Morgan fingerprint density at radius 2 is 1.86 bits per heavy atom. The van der Waals surface area contributed by atoms with Gasteiger partial charge < -0.3 is 5.73 Å². The lowest BCUT2D eigenvalue weighted by atomic mass is 9.91. The van der Waals surface area contributed by atoms with E-state index in [2.05, 4.69) is 10.0 Å². The zero-order chi connectivity index (χ0) is 25.4. The second-order valence-electron chi connectivity index (χ2n) is 12.2. The van der Waals surface area contributed by atoms with E-state index in [1.165, 1.54) is 6.07 Å². The number of sulfone groups is 1. The molecule has 1 spiro atoms. The van der Waals surface area contributed by atoms with Crippen LogP contribution in [0.3, 0.4) is 0 Å². The minimum Gasteiger partial charge on any atom is -0.382 e. The van der Waals surface area contributed by atoms with E-state index >= 15 is 0 Å². The summed E-state index contributed by atoms with van der Waals surface area (Å²) >= 11 is 0. The van der Waals surface area contributed by atoms with Crippen LogP contribution in [0.25, 0.3) is 0 Å². The van der Waals surface area contributed by atoms with Crippen molar-refractivity contribution in [3.63, 3.8) is 0 Å². The third-order valence-corrected chi connectivity index (χ3v) is 10.6. The summed E-state index contributed by atoms with van der Waals surface area (Å²) in [5.74, 6) is 2.54. The Morgan fingerprint density at radius 3 is 2.43 bits per heavy atom. The maximum atomic E-state index is 13.1. The Kier molecular flexibility index (Phi) is 5.75. The predicted molar refractivity (Wildman–Crippen MR) is 129 cm³/mol. The number of hydrogen-bond donors (Lipinski definition) is 1. The van der Waals surface area contributed by atoms with Crippen LogP contribution in [-0.4, -0.2) is 66.9 Å². The summed E-state index contributed by atoms with van der Waals surface area (Å²) in [5, 5.41) is 6.52. The van der Waals surface area contributed by atoms with Crippen molar-refractivity contribution < 1.29 is 21.6 Å². The van der Waals surface area contributed by atoms with Crippen molar-refractivity contribution in [2.45, 2.75) is 57.8 Å². The van der Waals surface area contributed by atoms with Crippen molar-refractivity contribution >= 4 is 15.7 Å². The van der Waals surface area contributed by atoms with Gasteiger partial charge in [-0.1, -0.05) is 12.1 Å². The molecule has 2 saturated heterocycles. The van der Waals surface area contributed by atoms with E-state index < -0.39 is 21.6 Å². The quantitative estimate of drug-likeness (QED) is 0.371. The third-order valence-electron chi connectivity index (χ3n) is 8.51. The summed E-state index contributed by atoms with van der Waals surface area (Å²) in [6.07, 6.45) is -1.18. The first-order chi connectivity index (χ1) is 16.2. The molecule has 1 aromatic rings. The third kappa shape index (κ3) is 4.92. The number of rotatable bonds is 5. The molecule has 0 radical (unpaired) electrons. The molecule has 2 N–H and O–H groups in total. The standard InChI is InChI=1S/C25H35F3N4O2S/c1-23(2,3)32(30-22(29)16-5-4-6-17(9-16)25(26,27)28)12-21-19-10-18(11-20(19)21)31-8-7-24(13-31)14-35(33,34)15-24/h4-6,9,18-21H,7-8,10-15H2,1-3H3,(H2,29,30)/t18-,19-,20+,21+. The summed E-state index contributed by atoms with van der Waals surface area (Å²) in [6.45, 7) is 8.74. The van der Waals surface area contributed by atoms with Crippen LogP contribution in [0.1, 0.15) is 51.2 Å². The smallest absolute Gasteiger partial charge is 0.382 e. The number of benzene rings is 1. The van der Waals surface area contributed by atoms with Crippen LogP contribution in [0.4, 0.5) is 13.2 Å². The molecule has 10 heteroatoms. The number of hydrazone groups is 1. The average Bonchev–Trinajstić information content (AvgIpc) is 3.07. The molecule has 6 nitrogen and oxygen atoms in total. The molecule has 2 heterocycles. The molecular weight excluding hydrogens is 477 g/mol. The van der Waals surface area contributed by atoms with Crippen LogP contribution in [0, 0.1) is 23.2 Å². The number of amidine groups is 1. The number of nitrogens with two attached hydrogens (primary N) is 1. The number of nitrogens with zero attached hydrogens (tertiary/aromatic N) is 3. The highest BCUT2D eigenvalue weighted by Crippen LogP contribution is 2.60. The van der Waals surface area contributed by atoms with Crippen LogP contribution < -0.4 is 5.73 Å². The first-order valence-corrected chi connectivity index (χ1v) is 14.2. The molecule has 1 aromatic carbocycles. The first kappa shape index (κ1) is 24.9. The molecule has 2 saturated carbocycles. The molecule has 0 amide bonds. The van der Waals surface area contributed by atoms with Gasteiger partial charge >= 0.3 is 6.18 Å². The average molecular weight is 513 g/mol. The predicted octanol–water partition coefficient (Wildman–Crippen LogP) is 3.57. The van der Waals surface area contributed by atoms with Crippen molar-refractivity contribution in [2.75, 3.05) is 31.1 Å². The Bertz CT molecular complexity index is 1100. The lowest BCUT2D eigenvalue weighted by molar-refractivity contribution is -0.137. The van der Waals surface area contributed by atoms with Gasteiger partial charge in [-0.2, -0.15) is 18.3 Å². The number of hydrogen-bond acceptors (Lipinski definition) is 5. The monoisotopic (exact) mass is 512 g/mol. The van der Waals surface area contributed by atoms with E-state index in [0.717, 1.165) is 51.0 Å². The van der Waals surface area contributed by atoms with Crippen LogP contribution in [0.5, 0.6) is 0 Å². The Balaban J connectivity index is 1.20. The van der Waals surface area contributed by atoms with Crippen molar-refractivity contribution in [2.24, 2.45) is 34.0 Å². The fourth-order valence-corrected chi connectivity index (χ4v) is 8.88. The minimum absolute atomic E-state index is 0.00368. The summed E-state index contributed by atoms with van der Waals surface area (Å²) in [5.41, 5.74) is 5.39. The van der Waals surface area contributed by atoms with E-state index in [1.807, 2.05) is 25.8 Å². The number of halogens is 3. The highest BCUT2D eigenvalue weighted by Gasteiger charge is 2.60. The summed E-state index contributed by atoms with van der Waals surface area (Å²) in [6, 6.07) is 5.53. The summed E-state index contributed by atoms with van der Waals surface area (Å²) < 4.78 is 62.7. The van der Waals surface area contributed by atoms with Crippen molar-refractivity contribution in [3.05, 3.63) is 35.4 Å². The Hall–Kier alpha value is -1.81. The molecule has 194 valence electrons. The zero-order valence-corrected chi connectivity index (χ0v) is 21.4. The highest BCUT2D eigenvalue weighted by molar-refractivity contribution is 7.92. The molecule has 4 aliphatic rings. The number of fused-ring (bicyclic) bond motifs is 1. The lowest BCUT2D eigenvalue weighted by Crippen LogP contribution is -2.50. The van der Waals surface area contributed by atoms with Crippen LogP contribution >= 0.6 is 0 Å². The van der Waals surface area contributed by atoms with Gasteiger partial charge in [0.05, 0.1) is 17.1 Å². The fourth-order valence-electron chi connectivity index (χ4n) is 6.63. The van der Waals surface area contributed by atoms with E-state index in [1.54, 1.807) is 6.07 Å². The van der Waals surface area contributed by atoms with E-state index in [0.29, 0.717) is 35.3 Å². The SMILES string of the molecule is CC(C)(C)N(C[C@H]1[C@@H]2C[C@@H](N3CCC4(C3)CS(=O)(=O)C4)C[C@@H]21)/N=C(\N)c1cccc(C(F)(F)F)c1. The van der Waals surface area contributed by atoms with Crippen molar-refractivity contribution in [3.8, 4) is 0 Å². The molecule has 0 unspecified atom stereocenters. The van der Waals surface area contributed by atoms with E-state index in [9.17, 15) is 21.6 Å². The zero-order valence-electron chi connectivity index (χ0n) is 20.6. The van der Waals surface area contributed by atoms with Gasteiger partial charge in [0.15, 0.2) is 15.7 Å². The Morgan fingerprint density at radius 1 is 1.20 bits per heavy atom.